The number of aryl methyl sites for hydroxylation is 1. The van der Waals surface area contributed by atoms with Gasteiger partial charge in [0.05, 0.1) is 0 Å². The van der Waals surface area contributed by atoms with Gasteiger partial charge in [-0.3, -0.25) is 0 Å². The van der Waals surface area contributed by atoms with Crippen LogP contribution in [0, 0.1) is 10.5 Å². The van der Waals surface area contributed by atoms with E-state index in [1.54, 1.807) is 0 Å². The fraction of sp³-hybridized carbons (Fsp3) is 0.200. The van der Waals surface area contributed by atoms with Gasteiger partial charge < -0.3 is 0 Å². The maximum absolute atomic E-state index is 2.41. The molecule has 3 heteroatoms. The second-order valence-electron chi connectivity index (χ2n) is 2.93. The highest BCUT2D eigenvalue weighted by Crippen LogP contribution is 2.35. The van der Waals surface area contributed by atoms with Gasteiger partial charge in [-0.25, -0.2) is 0 Å². The molecule has 68 valence electrons. The molecule has 0 nitrogen and oxygen atoms in total. The van der Waals surface area contributed by atoms with Gasteiger partial charge in [-0.1, -0.05) is 0 Å². The summed E-state index contributed by atoms with van der Waals surface area (Å²) in [7, 11) is 0. The van der Waals surface area contributed by atoms with Crippen molar-refractivity contribution in [2.45, 2.75) is 11.8 Å². The molecule has 13 heavy (non-hydrogen) atoms. The number of rotatable bonds is 1. The highest BCUT2D eigenvalue weighted by molar-refractivity contribution is 14.1. The van der Waals surface area contributed by atoms with Crippen LogP contribution in [0.1, 0.15) is 5.56 Å². The summed E-state index contributed by atoms with van der Waals surface area (Å²) in [6, 6.07) is 4.52. The first kappa shape index (κ1) is 9.80. The van der Waals surface area contributed by atoms with Gasteiger partial charge in [0.1, 0.15) is 0 Å². The van der Waals surface area contributed by atoms with Crippen LogP contribution in [0.3, 0.4) is 0 Å². The zero-order valence-electron chi connectivity index (χ0n) is 7.43. The van der Waals surface area contributed by atoms with Crippen molar-refractivity contribution < 1.29 is 0 Å². The van der Waals surface area contributed by atoms with Crippen LogP contribution < -0.4 is 0 Å². The van der Waals surface area contributed by atoms with E-state index in [1.165, 1.54) is 24.1 Å². The largest absolute Gasteiger partial charge is 0.141 e. The molecular formula is C10H9IS2. The van der Waals surface area contributed by atoms with Crippen molar-refractivity contribution in [3.05, 3.63) is 26.6 Å². The van der Waals surface area contributed by atoms with Gasteiger partial charge >= 0.3 is 0 Å². The fourth-order valence-corrected chi connectivity index (χ4v) is 4.32. The Labute approximate surface area is 99.9 Å². The van der Waals surface area contributed by atoms with Crippen molar-refractivity contribution in [1.82, 2.24) is 0 Å². The van der Waals surface area contributed by atoms with Crippen molar-refractivity contribution >= 4 is 55.8 Å². The molecule has 1 heterocycles. The minimum absolute atomic E-state index is 1.35. The Kier molecular flexibility index (Phi) is 2.86. The Morgan fingerprint density at radius 2 is 2.15 bits per heavy atom. The van der Waals surface area contributed by atoms with Gasteiger partial charge in [0.25, 0.3) is 0 Å². The van der Waals surface area contributed by atoms with E-state index in [0.717, 1.165) is 0 Å². The summed E-state index contributed by atoms with van der Waals surface area (Å²) in [4.78, 5) is 1.40. The lowest BCUT2D eigenvalue weighted by atomic mass is 10.2. The van der Waals surface area contributed by atoms with E-state index < -0.39 is 0 Å². The summed E-state index contributed by atoms with van der Waals surface area (Å²) in [6.07, 6.45) is 2.14. The predicted molar refractivity (Wildman–Crippen MR) is 71.1 cm³/mol. The van der Waals surface area contributed by atoms with Crippen LogP contribution in [0.4, 0.5) is 0 Å². The number of halogens is 1. The van der Waals surface area contributed by atoms with Crippen molar-refractivity contribution in [2.75, 3.05) is 6.26 Å². The molecule has 0 spiro atoms. The smallest absolute Gasteiger partial charge is 0.0488 e. The summed E-state index contributed by atoms with van der Waals surface area (Å²) in [5, 5.41) is 3.67. The minimum Gasteiger partial charge on any atom is -0.141 e. The van der Waals surface area contributed by atoms with Crippen LogP contribution in [0.5, 0.6) is 0 Å². The summed E-state index contributed by atoms with van der Waals surface area (Å²) >= 11 is 6.09. The van der Waals surface area contributed by atoms with Crippen LogP contribution in [-0.4, -0.2) is 6.26 Å². The van der Waals surface area contributed by atoms with Crippen molar-refractivity contribution in [1.29, 1.82) is 0 Å². The first-order chi connectivity index (χ1) is 6.22. The lowest BCUT2D eigenvalue weighted by Gasteiger charge is -1.98. The van der Waals surface area contributed by atoms with E-state index in [2.05, 4.69) is 53.3 Å². The quantitative estimate of drug-likeness (QED) is 0.549. The van der Waals surface area contributed by atoms with E-state index in [9.17, 15) is 0 Å². The molecule has 1 aromatic heterocycles. The lowest BCUT2D eigenvalue weighted by molar-refractivity contribution is 1.48. The molecule has 0 bridgehead atoms. The minimum atomic E-state index is 1.35. The van der Waals surface area contributed by atoms with Crippen molar-refractivity contribution in [3.63, 3.8) is 0 Å². The zero-order valence-corrected chi connectivity index (χ0v) is 11.2. The molecule has 0 amide bonds. The highest BCUT2D eigenvalue weighted by atomic mass is 127. The Balaban J connectivity index is 2.82. The summed E-state index contributed by atoms with van der Waals surface area (Å²) in [5.74, 6) is 0. The lowest BCUT2D eigenvalue weighted by Crippen LogP contribution is -1.76. The van der Waals surface area contributed by atoms with Crippen molar-refractivity contribution in [3.8, 4) is 0 Å². The first-order valence-corrected chi connectivity index (χ1v) is 7.12. The third-order valence-electron chi connectivity index (χ3n) is 1.96. The second kappa shape index (κ2) is 3.79. The predicted octanol–water partition coefficient (Wildman–Crippen LogP) is 4.54. The standard InChI is InChI=1S/C10H9IS2/c1-6-3-7-9(12-2)5-13-10(7)8(11)4-6/h3-5H,1-2H3. The Hall–Kier alpha value is 0.260. The molecule has 1 aromatic carbocycles. The van der Waals surface area contributed by atoms with Crippen LogP contribution in [0.2, 0.25) is 0 Å². The summed E-state index contributed by atoms with van der Waals surface area (Å²) in [5.41, 5.74) is 1.35. The molecule has 0 radical (unpaired) electrons. The molecule has 0 unspecified atom stereocenters. The van der Waals surface area contributed by atoms with Gasteiger partial charge in [0.15, 0.2) is 0 Å². The average Bonchev–Trinajstić information content (AvgIpc) is 2.47. The first-order valence-electron chi connectivity index (χ1n) is 3.93. The molecule has 2 rings (SSSR count). The maximum Gasteiger partial charge on any atom is 0.0488 e. The van der Waals surface area contributed by atoms with E-state index in [4.69, 9.17) is 0 Å². The van der Waals surface area contributed by atoms with Crippen LogP contribution in [0.25, 0.3) is 10.1 Å². The number of hydrogen-bond donors (Lipinski definition) is 0. The highest BCUT2D eigenvalue weighted by Gasteiger charge is 2.06. The molecule has 0 aliphatic rings. The molecule has 0 aliphatic carbocycles. The molecule has 0 atom stereocenters. The molecule has 0 saturated heterocycles. The van der Waals surface area contributed by atoms with Gasteiger partial charge in [0.2, 0.25) is 0 Å². The van der Waals surface area contributed by atoms with Crippen LogP contribution >= 0.6 is 45.7 Å². The molecule has 0 N–H and O–H groups in total. The maximum atomic E-state index is 2.41. The van der Waals surface area contributed by atoms with Gasteiger partial charge in [0, 0.05) is 23.9 Å². The monoisotopic (exact) mass is 320 g/mol. The molecule has 0 aliphatic heterocycles. The topological polar surface area (TPSA) is 0 Å². The number of benzene rings is 1. The number of fused-ring (bicyclic) bond motifs is 1. The van der Waals surface area contributed by atoms with E-state index >= 15 is 0 Å². The SMILES string of the molecule is CSc1csc2c(I)cc(C)cc12. The molecule has 2 aromatic rings. The van der Waals surface area contributed by atoms with Crippen LogP contribution in [0.15, 0.2) is 22.4 Å². The Morgan fingerprint density at radius 1 is 1.38 bits per heavy atom. The summed E-state index contributed by atoms with van der Waals surface area (Å²) < 4.78 is 2.80. The Bertz CT molecular complexity index is 445. The normalized spacial score (nSPS) is 11.0. The van der Waals surface area contributed by atoms with Gasteiger partial charge in [-0.15, -0.1) is 23.1 Å². The molecule has 0 fully saturated rings. The second-order valence-corrected chi connectivity index (χ2v) is 5.82. The van der Waals surface area contributed by atoms with E-state index in [-0.39, 0.29) is 0 Å². The molecule has 0 saturated carbocycles. The van der Waals surface area contributed by atoms with Gasteiger partial charge in [-0.2, -0.15) is 0 Å². The van der Waals surface area contributed by atoms with Crippen molar-refractivity contribution in [2.24, 2.45) is 0 Å². The Morgan fingerprint density at radius 3 is 2.85 bits per heavy atom. The number of thiophene rings is 1. The van der Waals surface area contributed by atoms with E-state index in [0.29, 0.717) is 0 Å². The molecular weight excluding hydrogens is 311 g/mol. The van der Waals surface area contributed by atoms with Crippen LogP contribution in [-0.2, 0) is 0 Å². The zero-order chi connectivity index (χ0) is 9.42. The third-order valence-corrected chi connectivity index (χ3v) is 5.13. The van der Waals surface area contributed by atoms with E-state index in [1.807, 2.05) is 23.1 Å². The third kappa shape index (κ3) is 1.74. The number of hydrogen-bond acceptors (Lipinski definition) is 2. The average molecular weight is 320 g/mol. The number of thioether (sulfide) groups is 1. The fourth-order valence-electron chi connectivity index (χ4n) is 1.37. The summed E-state index contributed by atoms with van der Waals surface area (Å²) in [6.45, 7) is 2.16. The van der Waals surface area contributed by atoms with Gasteiger partial charge in [-0.05, 0) is 53.5 Å².